The molecule has 0 radical (unpaired) electrons. The van der Waals surface area contributed by atoms with E-state index in [1.54, 1.807) is 30.5 Å². The Bertz CT molecular complexity index is 1370. The Morgan fingerprint density at radius 1 is 1.18 bits per heavy atom. The van der Waals surface area contributed by atoms with Crippen LogP contribution >= 0.6 is 34.5 Å². The normalized spacial score (nSPS) is 16.2. The predicted molar refractivity (Wildman–Crippen MR) is 159 cm³/mol. The second kappa shape index (κ2) is 13.8. The number of anilines is 2. The van der Waals surface area contributed by atoms with Gasteiger partial charge in [-0.05, 0) is 66.6 Å². The van der Waals surface area contributed by atoms with Gasteiger partial charge in [0.15, 0.2) is 0 Å². The van der Waals surface area contributed by atoms with Crippen LogP contribution in [0.3, 0.4) is 0 Å². The average Bonchev–Trinajstić information content (AvgIpc) is 3.62. The van der Waals surface area contributed by atoms with Crippen molar-refractivity contribution >= 4 is 61.2 Å². The number of nitro groups is 1. The molecule has 0 amide bonds. The maximum Gasteiger partial charge on any atom is 0.328 e. The minimum atomic E-state index is -4.37. The second-order valence-corrected chi connectivity index (χ2v) is 12.6. The van der Waals surface area contributed by atoms with Crippen LogP contribution in [-0.4, -0.2) is 67.5 Å². The van der Waals surface area contributed by atoms with Gasteiger partial charge in [0.2, 0.25) is 0 Å². The highest BCUT2D eigenvalue weighted by molar-refractivity contribution is 7.87. The number of aliphatic hydroxyl groups is 1. The molecule has 40 heavy (non-hydrogen) atoms. The lowest BCUT2D eigenvalue weighted by atomic mass is 10.1. The first-order valence-electron chi connectivity index (χ1n) is 12.7. The average molecular weight is 630 g/mol. The molecule has 216 valence electrons. The zero-order valence-electron chi connectivity index (χ0n) is 21.6. The van der Waals surface area contributed by atoms with Crippen molar-refractivity contribution in [3.05, 3.63) is 75.3 Å². The minimum absolute atomic E-state index is 0.00308. The van der Waals surface area contributed by atoms with Gasteiger partial charge in [0, 0.05) is 43.3 Å². The Kier molecular flexibility index (Phi) is 10.5. The summed E-state index contributed by atoms with van der Waals surface area (Å²) in [5.74, 6) is 1.58. The van der Waals surface area contributed by atoms with Crippen LogP contribution in [0.15, 0.2) is 54.0 Å². The largest absolute Gasteiger partial charge is 0.394 e. The third kappa shape index (κ3) is 7.16. The Morgan fingerprint density at radius 2 is 1.90 bits per heavy atom. The molecule has 3 heterocycles. The third-order valence-electron chi connectivity index (χ3n) is 6.77. The number of halogens is 2. The molecule has 1 aliphatic heterocycles. The van der Waals surface area contributed by atoms with Crippen LogP contribution in [0.4, 0.5) is 16.5 Å². The molecule has 10 nitrogen and oxygen atoms in total. The van der Waals surface area contributed by atoms with E-state index < -0.39 is 20.3 Å². The molecule has 0 saturated carbocycles. The van der Waals surface area contributed by atoms with Crippen LogP contribution in [-0.2, 0) is 16.5 Å². The first-order chi connectivity index (χ1) is 19.3. The van der Waals surface area contributed by atoms with Crippen LogP contribution in [0.5, 0.6) is 5.75 Å². The van der Waals surface area contributed by atoms with Gasteiger partial charge in [-0.15, -0.1) is 23.2 Å². The van der Waals surface area contributed by atoms with E-state index in [-0.39, 0.29) is 35.4 Å². The lowest BCUT2D eigenvalue weighted by Crippen LogP contribution is -2.32. The molecule has 0 spiro atoms. The maximum absolute atomic E-state index is 13.6. The molecule has 1 fully saturated rings. The van der Waals surface area contributed by atoms with Gasteiger partial charge in [-0.3, -0.25) is 10.1 Å². The third-order valence-corrected chi connectivity index (χ3v) is 9.53. The molecule has 2 aromatic heterocycles. The fraction of sp³-hybridized carbons (Fsp3) is 0.423. The number of aliphatic hydroxyl groups excluding tert-OH is 1. The first-order valence-corrected chi connectivity index (χ1v) is 16.1. The number of thiophene rings is 1. The van der Waals surface area contributed by atoms with Crippen molar-refractivity contribution in [1.82, 2.24) is 4.98 Å². The molecular formula is C26H30Cl2N4O6S2. The minimum Gasteiger partial charge on any atom is -0.394 e. The van der Waals surface area contributed by atoms with Crippen molar-refractivity contribution in [2.75, 3.05) is 47.8 Å². The first kappa shape index (κ1) is 30.3. The van der Waals surface area contributed by atoms with Crippen molar-refractivity contribution in [2.24, 2.45) is 0 Å². The highest BCUT2D eigenvalue weighted by atomic mass is 35.5. The Balaban J connectivity index is 1.59. The van der Waals surface area contributed by atoms with Crippen molar-refractivity contribution in [1.29, 1.82) is 0 Å². The number of nitrogens with zero attached hydrogens (tertiary/aromatic N) is 4. The van der Waals surface area contributed by atoms with Crippen molar-refractivity contribution in [3.8, 4) is 5.75 Å². The fourth-order valence-corrected chi connectivity index (χ4v) is 7.45. The monoisotopic (exact) mass is 628 g/mol. The van der Waals surface area contributed by atoms with Crippen LogP contribution < -0.4 is 14.0 Å². The zero-order valence-corrected chi connectivity index (χ0v) is 24.7. The van der Waals surface area contributed by atoms with Crippen LogP contribution in [0.1, 0.15) is 29.2 Å². The van der Waals surface area contributed by atoms with Crippen molar-refractivity contribution in [3.63, 3.8) is 0 Å². The molecule has 1 N–H and O–H groups in total. The highest BCUT2D eigenvalue weighted by Crippen LogP contribution is 2.38. The van der Waals surface area contributed by atoms with Crippen LogP contribution in [0.25, 0.3) is 0 Å². The molecular weight excluding hydrogens is 599 g/mol. The Hall–Kier alpha value is -2.64. The summed E-state index contributed by atoms with van der Waals surface area (Å²) < 4.78 is 32.7. The highest BCUT2D eigenvalue weighted by Gasteiger charge is 2.36. The van der Waals surface area contributed by atoms with Gasteiger partial charge in [0.25, 0.3) is 0 Å². The summed E-state index contributed by atoms with van der Waals surface area (Å²) in [6, 6.07) is 11.5. The molecule has 0 aliphatic carbocycles. The molecule has 4 rings (SSSR count). The lowest BCUT2D eigenvalue weighted by molar-refractivity contribution is -0.380. The molecule has 1 saturated heterocycles. The lowest BCUT2D eigenvalue weighted by Gasteiger charge is -2.24. The van der Waals surface area contributed by atoms with E-state index in [0.717, 1.165) is 36.4 Å². The molecule has 14 heteroatoms. The molecule has 1 aromatic carbocycles. The molecule has 2 atom stereocenters. The van der Waals surface area contributed by atoms with E-state index in [0.29, 0.717) is 36.2 Å². The number of pyridine rings is 1. The van der Waals surface area contributed by atoms with Gasteiger partial charge in [-0.2, -0.15) is 8.42 Å². The molecule has 3 aromatic rings. The topological polar surface area (TPSA) is 126 Å². The van der Waals surface area contributed by atoms with E-state index in [1.807, 2.05) is 9.80 Å². The number of benzene rings is 1. The van der Waals surface area contributed by atoms with E-state index >= 15 is 0 Å². The van der Waals surface area contributed by atoms with E-state index in [4.69, 9.17) is 27.4 Å². The standard InChI is InChI=1S/C26H30Cl2N4O6S2/c27-10-13-30(14-11-28)20-4-6-22(7-5-20)38-40(36,37)24(23-9-15-39-26(23)32(34)35)16-19-3-8-25(29-17-19)31-12-1-2-21(31)18-33/h3-9,15,17,21,24,33H,1-2,10-14,16,18H2/t21-,24?/m0/s1. The van der Waals surface area contributed by atoms with Gasteiger partial charge in [-0.1, -0.05) is 17.4 Å². The fourth-order valence-electron chi connectivity index (χ4n) is 4.80. The SMILES string of the molecule is O=[N+]([O-])c1sccc1C(Cc1ccc(N2CCC[C@H]2CO)nc1)S(=O)(=O)Oc1ccc(N(CCCl)CCCl)cc1. The number of hydrogen-bond donors (Lipinski definition) is 1. The molecule has 1 unspecified atom stereocenters. The number of rotatable bonds is 14. The Labute approximate surface area is 247 Å². The summed E-state index contributed by atoms with van der Waals surface area (Å²) in [7, 11) is -4.37. The number of alkyl halides is 2. The Morgan fingerprint density at radius 3 is 2.50 bits per heavy atom. The number of aromatic nitrogens is 1. The van der Waals surface area contributed by atoms with Gasteiger partial charge in [-0.25, -0.2) is 4.98 Å². The van der Waals surface area contributed by atoms with Gasteiger partial charge < -0.3 is 19.1 Å². The summed E-state index contributed by atoms with van der Waals surface area (Å²) in [4.78, 5) is 19.6. The maximum atomic E-state index is 13.6. The molecule has 1 aliphatic rings. The second-order valence-electron chi connectivity index (χ2n) is 9.26. The van der Waals surface area contributed by atoms with Gasteiger partial charge in [0.1, 0.15) is 16.8 Å². The van der Waals surface area contributed by atoms with E-state index in [1.165, 1.54) is 23.6 Å². The summed E-state index contributed by atoms with van der Waals surface area (Å²) in [5.41, 5.74) is 1.45. The van der Waals surface area contributed by atoms with Crippen molar-refractivity contribution < 1.29 is 22.6 Å². The molecule has 0 bridgehead atoms. The predicted octanol–water partition coefficient (Wildman–Crippen LogP) is 4.99. The quantitative estimate of drug-likeness (QED) is 0.114. The van der Waals surface area contributed by atoms with Crippen molar-refractivity contribution in [2.45, 2.75) is 30.6 Å². The number of hydrogen-bond acceptors (Lipinski definition) is 10. The van der Waals surface area contributed by atoms with Gasteiger partial charge >= 0.3 is 15.1 Å². The van der Waals surface area contributed by atoms with Gasteiger partial charge in [0.05, 0.1) is 23.1 Å². The van der Waals surface area contributed by atoms with E-state index in [2.05, 4.69) is 4.98 Å². The zero-order chi connectivity index (χ0) is 28.7. The summed E-state index contributed by atoms with van der Waals surface area (Å²) >= 11 is 12.6. The van der Waals surface area contributed by atoms with E-state index in [9.17, 15) is 23.6 Å². The summed E-state index contributed by atoms with van der Waals surface area (Å²) in [5, 5.41) is 21.2. The van der Waals surface area contributed by atoms with Crippen LogP contribution in [0, 0.1) is 10.1 Å². The smallest absolute Gasteiger partial charge is 0.328 e. The summed E-state index contributed by atoms with van der Waals surface area (Å²) in [6.45, 7) is 1.95. The summed E-state index contributed by atoms with van der Waals surface area (Å²) in [6.07, 6.45) is 3.32. The van der Waals surface area contributed by atoms with Crippen LogP contribution in [0.2, 0.25) is 0 Å².